The molecule has 7 nitrogen and oxygen atoms in total. The summed E-state index contributed by atoms with van der Waals surface area (Å²) in [6.07, 6.45) is 6.69. The monoisotopic (exact) mass is 450 g/mol. The van der Waals surface area contributed by atoms with Crippen molar-refractivity contribution in [3.05, 3.63) is 42.1 Å². The van der Waals surface area contributed by atoms with Crippen LogP contribution in [-0.4, -0.2) is 49.9 Å². The SMILES string of the molecule is CO[C@H]1CC[C@H](C(=O)N2Cc3cccnc3Nc3ccc(N4CCOCCC4C)cc32)CC1. The van der Waals surface area contributed by atoms with Gasteiger partial charge < -0.3 is 24.6 Å². The Kier molecular flexibility index (Phi) is 6.51. The fraction of sp³-hybridized carbons (Fsp3) is 0.538. The van der Waals surface area contributed by atoms with Crippen LogP contribution in [-0.2, 0) is 20.8 Å². The standard InChI is InChI=1S/C26H34N4O3/c1-18-11-14-33-15-13-29(18)21-7-10-23-24(16-21)30(17-20-4-3-12-27-25(20)28-23)26(31)19-5-8-22(32-2)9-6-19/h3-4,7,10,12,16,18-19,22H,5-6,8-9,11,13-15,17H2,1-2H3,(H,27,28)/t18?,19-,22-. The minimum absolute atomic E-state index is 0.0247. The number of ether oxygens (including phenoxy) is 2. The van der Waals surface area contributed by atoms with Crippen LogP contribution in [0.2, 0.25) is 0 Å². The van der Waals surface area contributed by atoms with Gasteiger partial charge in [0.1, 0.15) is 5.82 Å². The highest BCUT2D eigenvalue weighted by molar-refractivity contribution is 6.00. The van der Waals surface area contributed by atoms with Crippen LogP contribution < -0.4 is 15.1 Å². The number of benzene rings is 1. The molecule has 1 saturated heterocycles. The maximum absolute atomic E-state index is 13.9. The van der Waals surface area contributed by atoms with E-state index in [0.29, 0.717) is 12.6 Å². The van der Waals surface area contributed by atoms with Gasteiger partial charge in [-0.3, -0.25) is 4.79 Å². The number of nitrogens with one attached hydrogen (secondary N) is 1. The third-order valence-electron chi connectivity index (χ3n) is 7.39. The first kappa shape index (κ1) is 22.2. The molecule has 1 aromatic carbocycles. The molecule has 1 N–H and O–H groups in total. The van der Waals surface area contributed by atoms with Crippen LogP contribution >= 0.6 is 0 Å². The molecule has 33 heavy (non-hydrogen) atoms. The largest absolute Gasteiger partial charge is 0.381 e. The van der Waals surface area contributed by atoms with Crippen molar-refractivity contribution in [3.63, 3.8) is 0 Å². The van der Waals surface area contributed by atoms with Crippen LogP contribution in [0.25, 0.3) is 0 Å². The zero-order chi connectivity index (χ0) is 22.8. The fourth-order valence-electron chi connectivity index (χ4n) is 5.33. The van der Waals surface area contributed by atoms with E-state index in [9.17, 15) is 4.79 Å². The van der Waals surface area contributed by atoms with Crippen LogP contribution in [0.15, 0.2) is 36.5 Å². The molecule has 1 aromatic heterocycles. The van der Waals surface area contributed by atoms with Gasteiger partial charge in [-0.25, -0.2) is 4.98 Å². The average molecular weight is 451 g/mol. The Morgan fingerprint density at radius 1 is 1.15 bits per heavy atom. The van der Waals surface area contributed by atoms with E-state index in [1.165, 1.54) is 0 Å². The van der Waals surface area contributed by atoms with Crippen molar-refractivity contribution in [2.45, 2.75) is 57.7 Å². The normalized spacial score (nSPS) is 25.3. The van der Waals surface area contributed by atoms with Gasteiger partial charge in [-0.2, -0.15) is 0 Å². The van der Waals surface area contributed by atoms with Crippen molar-refractivity contribution in [2.75, 3.05) is 42.0 Å². The number of hydrogen-bond acceptors (Lipinski definition) is 6. The third kappa shape index (κ3) is 4.57. The molecular formula is C26H34N4O3. The number of rotatable bonds is 3. The lowest BCUT2D eigenvalue weighted by atomic mass is 9.86. The highest BCUT2D eigenvalue weighted by Gasteiger charge is 2.33. The minimum Gasteiger partial charge on any atom is -0.381 e. The molecule has 2 aliphatic heterocycles. The number of methoxy groups -OCH3 is 1. The number of carbonyl (C=O) groups excluding carboxylic acids is 1. The number of carbonyl (C=O) groups is 1. The number of anilines is 4. The molecule has 0 radical (unpaired) electrons. The molecule has 3 heterocycles. The van der Waals surface area contributed by atoms with Crippen LogP contribution in [0.1, 0.15) is 44.6 Å². The molecular weight excluding hydrogens is 416 g/mol. The van der Waals surface area contributed by atoms with E-state index in [1.54, 1.807) is 13.3 Å². The Bertz CT molecular complexity index is 989. The number of hydrogen-bond donors (Lipinski definition) is 1. The predicted octanol–water partition coefficient (Wildman–Crippen LogP) is 4.49. The fourth-order valence-corrected chi connectivity index (χ4v) is 5.33. The van der Waals surface area contributed by atoms with Gasteiger partial charge in [-0.1, -0.05) is 6.07 Å². The van der Waals surface area contributed by atoms with E-state index >= 15 is 0 Å². The molecule has 1 aliphatic carbocycles. The maximum Gasteiger partial charge on any atom is 0.230 e. The molecule has 1 amide bonds. The number of aromatic nitrogens is 1. The van der Waals surface area contributed by atoms with Crippen molar-refractivity contribution in [1.29, 1.82) is 0 Å². The van der Waals surface area contributed by atoms with Crippen molar-refractivity contribution in [3.8, 4) is 0 Å². The van der Waals surface area contributed by atoms with Gasteiger partial charge in [0.2, 0.25) is 5.91 Å². The summed E-state index contributed by atoms with van der Waals surface area (Å²) >= 11 is 0. The molecule has 7 heteroatoms. The Labute approximate surface area is 196 Å². The first-order chi connectivity index (χ1) is 16.1. The summed E-state index contributed by atoms with van der Waals surface area (Å²) in [6, 6.07) is 10.8. The van der Waals surface area contributed by atoms with E-state index in [2.05, 4.69) is 46.4 Å². The molecule has 1 unspecified atom stereocenters. The van der Waals surface area contributed by atoms with Gasteiger partial charge in [0, 0.05) is 49.7 Å². The highest BCUT2D eigenvalue weighted by atomic mass is 16.5. The lowest BCUT2D eigenvalue weighted by Crippen LogP contribution is -2.38. The Morgan fingerprint density at radius 3 is 2.82 bits per heavy atom. The van der Waals surface area contributed by atoms with Gasteiger partial charge in [-0.05, 0) is 63.3 Å². The summed E-state index contributed by atoms with van der Waals surface area (Å²) in [4.78, 5) is 22.8. The van der Waals surface area contributed by atoms with E-state index < -0.39 is 0 Å². The summed E-state index contributed by atoms with van der Waals surface area (Å²) in [5, 5.41) is 3.49. The number of pyridine rings is 1. The molecule has 2 aromatic rings. The summed E-state index contributed by atoms with van der Waals surface area (Å²) < 4.78 is 11.2. The maximum atomic E-state index is 13.9. The lowest BCUT2D eigenvalue weighted by Gasteiger charge is -2.33. The molecule has 2 fully saturated rings. The van der Waals surface area contributed by atoms with Gasteiger partial charge in [0.05, 0.1) is 30.6 Å². The average Bonchev–Trinajstić information content (AvgIpc) is 3.17. The van der Waals surface area contributed by atoms with Crippen molar-refractivity contribution in [1.82, 2.24) is 4.98 Å². The van der Waals surface area contributed by atoms with Crippen molar-refractivity contribution >= 4 is 28.8 Å². The lowest BCUT2D eigenvalue weighted by molar-refractivity contribution is -0.124. The summed E-state index contributed by atoms with van der Waals surface area (Å²) in [5.41, 5.74) is 4.02. The molecule has 1 saturated carbocycles. The number of nitrogens with zero attached hydrogens (tertiary/aromatic N) is 3. The first-order valence-electron chi connectivity index (χ1n) is 12.2. The molecule has 0 spiro atoms. The molecule has 3 aliphatic rings. The molecule has 5 rings (SSSR count). The van der Waals surface area contributed by atoms with Crippen molar-refractivity contribution in [2.24, 2.45) is 5.92 Å². The van der Waals surface area contributed by atoms with Crippen LogP contribution in [0.4, 0.5) is 22.9 Å². The topological polar surface area (TPSA) is 66.9 Å². The minimum atomic E-state index is 0.0247. The van der Waals surface area contributed by atoms with E-state index in [-0.39, 0.29) is 17.9 Å². The second-order valence-corrected chi connectivity index (χ2v) is 9.41. The van der Waals surface area contributed by atoms with Gasteiger partial charge >= 0.3 is 0 Å². The zero-order valence-electron chi connectivity index (χ0n) is 19.6. The molecule has 176 valence electrons. The van der Waals surface area contributed by atoms with Gasteiger partial charge in [-0.15, -0.1) is 0 Å². The van der Waals surface area contributed by atoms with E-state index in [4.69, 9.17) is 9.47 Å². The second kappa shape index (κ2) is 9.69. The third-order valence-corrected chi connectivity index (χ3v) is 7.39. The van der Waals surface area contributed by atoms with Crippen LogP contribution in [0.5, 0.6) is 0 Å². The Hall–Kier alpha value is -2.64. The van der Waals surface area contributed by atoms with E-state index in [1.807, 2.05) is 11.0 Å². The van der Waals surface area contributed by atoms with E-state index in [0.717, 1.165) is 80.3 Å². The summed E-state index contributed by atoms with van der Waals surface area (Å²) in [7, 11) is 1.77. The quantitative estimate of drug-likeness (QED) is 0.743. The Morgan fingerprint density at radius 2 is 2.00 bits per heavy atom. The zero-order valence-corrected chi connectivity index (χ0v) is 19.6. The predicted molar refractivity (Wildman–Crippen MR) is 130 cm³/mol. The van der Waals surface area contributed by atoms with Crippen molar-refractivity contribution < 1.29 is 14.3 Å². The molecule has 1 atom stereocenters. The summed E-state index contributed by atoms with van der Waals surface area (Å²) in [6.45, 7) is 5.13. The smallest absolute Gasteiger partial charge is 0.230 e. The van der Waals surface area contributed by atoms with Crippen LogP contribution in [0, 0.1) is 5.92 Å². The number of amides is 1. The summed E-state index contributed by atoms with van der Waals surface area (Å²) in [5.74, 6) is 1.05. The van der Waals surface area contributed by atoms with Crippen LogP contribution in [0.3, 0.4) is 0 Å². The van der Waals surface area contributed by atoms with Gasteiger partial charge in [0.15, 0.2) is 0 Å². The first-order valence-corrected chi connectivity index (χ1v) is 12.2. The van der Waals surface area contributed by atoms with Gasteiger partial charge in [0.25, 0.3) is 0 Å². The number of fused-ring (bicyclic) bond motifs is 2. The highest BCUT2D eigenvalue weighted by Crippen LogP contribution is 2.40. The molecule has 0 bridgehead atoms. The Balaban J connectivity index is 1.50. The second-order valence-electron chi connectivity index (χ2n) is 9.41.